The van der Waals surface area contributed by atoms with Gasteiger partial charge in [-0.05, 0) is 48.9 Å². The molecule has 3 N–H and O–H groups in total. The lowest BCUT2D eigenvalue weighted by atomic mass is 9.85. The molecule has 3 rings (SSSR count). The van der Waals surface area contributed by atoms with Crippen LogP contribution in [0.15, 0.2) is 65.1 Å². The van der Waals surface area contributed by atoms with Crippen molar-refractivity contribution in [3.8, 4) is 0 Å². The third kappa shape index (κ3) is 5.52. The monoisotopic (exact) mass is 539 g/mol. The molecule has 37 heavy (non-hydrogen) atoms. The molecule has 0 spiro atoms. The van der Waals surface area contributed by atoms with E-state index >= 15 is 0 Å². The van der Waals surface area contributed by atoms with Gasteiger partial charge in [-0.15, -0.1) is 0 Å². The third-order valence-corrected chi connectivity index (χ3v) is 7.17. The summed E-state index contributed by atoms with van der Waals surface area (Å²) < 4.78 is 68.5. The van der Waals surface area contributed by atoms with E-state index in [-0.39, 0.29) is 17.1 Å². The number of alkyl halides is 3. The molecule has 2 unspecified atom stereocenters. The summed E-state index contributed by atoms with van der Waals surface area (Å²) in [7, 11) is -2.30. The van der Waals surface area contributed by atoms with Gasteiger partial charge in [0.2, 0.25) is 0 Å². The van der Waals surface area contributed by atoms with Gasteiger partial charge in [-0.1, -0.05) is 18.2 Å². The number of methoxy groups -OCH3 is 1. The zero-order chi connectivity index (χ0) is 27.8. The van der Waals surface area contributed by atoms with Gasteiger partial charge in [-0.3, -0.25) is 14.4 Å². The van der Waals surface area contributed by atoms with Crippen molar-refractivity contribution in [2.45, 2.75) is 36.2 Å². The number of benzene rings is 2. The molecule has 2 aromatic carbocycles. The van der Waals surface area contributed by atoms with Crippen molar-refractivity contribution in [1.82, 2.24) is 5.32 Å². The average Bonchev–Trinajstić information content (AvgIpc) is 2.82. The fraction of sp³-hybridized carbons (Fsp3) is 0.292. The van der Waals surface area contributed by atoms with E-state index in [0.717, 1.165) is 42.5 Å². The van der Waals surface area contributed by atoms with Crippen molar-refractivity contribution in [3.05, 3.63) is 71.3 Å². The fourth-order valence-electron chi connectivity index (χ4n) is 3.97. The number of sulfone groups is 1. The molecule has 0 fully saturated rings. The van der Waals surface area contributed by atoms with Crippen LogP contribution in [0.2, 0.25) is 0 Å². The van der Waals surface area contributed by atoms with E-state index in [9.17, 15) is 36.0 Å². The van der Waals surface area contributed by atoms with Gasteiger partial charge in [0.15, 0.2) is 15.4 Å². The Morgan fingerprint density at radius 2 is 1.78 bits per heavy atom. The molecule has 2 aromatic rings. The number of nitrogens with zero attached hydrogens (tertiary/aromatic N) is 1. The van der Waals surface area contributed by atoms with Gasteiger partial charge in [0.25, 0.3) is 17.7 Å². The molecule has 0 radical (unpaired) electrons. The Morgan fingerprint density at radius 3 is 2.30 bits per heavy atom. The highest BCUT2D eigenvalue weighted by molar-refractivity contribution is 7.90. The number of nitrogens with one attached hydrogen (secondary N) is 1. The summed E-state index contributed by atoms with van der Waals surface area (Å²) in [5.74, 6) is -2.97. The predicted molar refractivity (Wildman–Crippen MR) is 127 cm³/mol. The Labute approximate surface area is 211 Å². The normalized spacial score (nSPS) is 20.4. The summed E-state index contributed by atoms with van der Waals surface area (Å²) in [6.07, 6.45) is -2.69. The van der Waals surface area contributed by atoms with Gasteiger partial charge in [0.1, 0.15) is 5.57 Å². The van der Waals surface area contributed by atoms with Crippen LogP contribution in [-0.2, 0) is 41.7 Å². The molecule has 2 atom stereocenters. The van der Waals surface area contributed by atoms with Crippen molar-refractivity contribution in [2.75, 3.05) is 18.3 Å². The lowest BCUT2D eigenvalue weighted by molar-refractivity contribution is -0.139. The SMILES string of the molecule is COC1(C(N)=O)C=C(C(=O)NCc2ccc(S(C)(=O)=O)cc2)C(=O)N(c2cccc(C(F)(F)F)c2)C1C. The van der Waals surface area contributed by atoms with Crippen molar-refractivity contribution < 1.29 is 40.7 Å². The second-order valence-corrected chi connectivity index (χ2v) is 10.4. The first-order valence-corrected chi connectivity index (χ1v) is 12.7. The standard InChI is InChI=1S/C24H24F3N3O6S/c1-14-23(36-2,22(28)33)12-19(20(31)29-13-15-7-9-18(10-8-15)37(3,34)35)21(32)30(14)17-6-4-5-16(11-17)24(25,26)27/h4-12,14H,13H2,1-3H3,(H2,28,33)(H,29,31). The molecule has 3 amide bonds. The number of carbonyl (C=O) groups is 3. The zero-order valence-corrected chi connectivity index (χ0v) is 20.8. The summed E-state index contributed by atoms with van der Waals surface area (Å²) in [5.41, 5.74) is 2.22. The minimum absolute atomic E-state index is 0.0739. The molecule has 1 aliphatic rings. The maximum absolute atomic E-state index is 13.4. The van der Waals surface area contributed by atoms with Crippen LogP contribution in [0.1, 0.15) is 18.1 Å². The van der Waals surface area contributed by atoms with Crippen LogP contribution >= 0.6 is 0 Å². The van der Waals surface area contributed by atoms with Crippen molar-refractivity contribution in [1.29, 1.82) is 0 Å². The Morgan fingerprint density at radius 1 is 1.16 bits per heavy atom. The second kappa shape index (κ2) is 9.98. The molecule has 1 heterocycles. The van der Waals surface area contributed by atoms with E-state index in [1.165, 1.54) is 37.3 Å². The summed E-state index contributed by atoms with van der Waals surface area (Å²) in [5, 5.41) is 2.49. The molecule has 13 heteroatoms. The number of hydrogen-bond donors (Lipinski definition) is 2. The Bertz CT molecular complexity index is 1370. The number of carbonyl (C=O) groups excluding carboxylic acids is 3. The van der Waals surface area contributed by atoms with Crippen LogP contribution in [0.25, 0.3) is 0 Å². The smallest absolute Gasteiger partial charge is 0.367 e. The number of ether oxygens (including phenoxy) is 1. The van der Waals surface area contributed by atoms with Gasteiger partial charge >= 0.3 is 6.18 Å². The van der Waals surface area contributed by atoms with Crippen LogP contribution in [0, 0.1) is 0 Å². The number of hydrogen-bond acceptors (Lipinski definition) is 6. The minimum atomic E-state index is -4.71. The van der Waals surface area contributed by atoms with Crippen LogP contribution in [-0.4, -0.2) is 51.1 Å². The molecule has 0 aromatic heterocycles. The molecule has 198 valence electrons. The minimum Gasteiger partial charge on any atom is -0.367 e. The summed E-state index contributed by atoms with van der Waals surface area (Å²) in [6, 6.07) is 8.29. The summed E-state index contributed by atoms with van der Waals surface area (Å²) in [4.78, 5) is 39.8. The molecular formula is C24H24F3N3O6S. The molecule has 0 bridgehead atoms. The number of amides is 3. The Balaban J connectivity index is 1.98. The van der Waals surface area contributed by atoms with Crippen LogP contribution in [0.3, 0.4) is 0 Å². The number of nitrogens with two attached hydrogens (primary N) is 1. The Hall–Kier alpha value is -3.71. The average molecular weight is 540 g/mol. The van der Waals surface area contributed by atoms with Gasteiger partial charge in [-0.25, -0.2) is 8.42 Å². The van der Waals surface area contributed by atoms with Crippen LogP contribution in [0.4, 0.5) is 18.9 Å². The second-order valence-electron chi connectivity index (χ2n) is 8.42. The lowest BCUT2D eigenvalue weighted by Crippen LogP contribution is -2.64. The molecule has 0 saturated carbocycles. The van der Waals surface area contributed by atoms with Crippen LogP contribution in [0.5, 0.6) is 0 Å². The van der Waals surface area contributed by atoms with Crippen molar-refractivity contribution >= 4 is 33.2 Å². The maximum atomic E-state index is 13.4. The largest absolute Gasteiger partial charge is 0.416 e. The third-order valence-electron chi connectivity index (χ3n) is 6.04. The van der Waals surface area contributed by atoms with Gasteiger partial charge in [0, 0.05) is 25.6 Å². The van der Waals surface area contributed by atoms with Gasteiger partial charge < -0.3 is 20.7 Å². The molecular weight excluding hydrogens is 515 g/mol. The highest BCUT2D eigenvalue weighted by Gasteiger charge is 2.51. The number of primary amides is 1. The first kappa shape index (κ1) is 27.9. The number of anilines is 1. The quantitative estimate of drug-likeness (QED) is 0.517. The van der Waals surface area contributed by atoms with E-state index in [0.29, 0.717) is 5.56 Å². The number of rotatable bonds is 7. The molecule has 0 saturated heterocycles. The van der Waals surface area contributed by atoms with E-state index in [1.807, 2.05) is 0 Å². The zero-order valence-electron chi connectivity index (χ0n) is 20.0. The van der Waals surface area contributed by atoms with E-state index in [2.05, 4.69) is 5.32 Å². The molecule has 1 aliphatic heterocycles. The van der Waals surface area contributed by atoms with Crippen molar-refractivity contribution in [2.24, 2.45) is 5.73 Å². The van der Waals surface area contributed by atoms with Crippen molar-refractivity contribution in [3.63, 3.8) is 0 Å². The summed E-state index contributed by atoms with van der Waals surface area (Å²) >= 11 is 0. The van der Waals surface area contributed by atoms with E-state index < -0.39 is 56.5 Å². The highest BCUT2D eigenvalue weighted by atomic mass is 32.2. The summed E-state index contributed by atoms with van der Waals surface area (Å²) in [6.45, 7) is 1.24. The number of halogens is 3. The van der Waals surface area contributed by atoms with Gasteiger partial charge in [-0.2, -0.15) is 13.2 Å². The molecule has 0 aliphatic carbocycles. The lowest BCUT2D eigenvalue weighted by Gasteiger charge is -2.43. The van der Waals surface area contributed by atoms with E-state index in [1.54, 1.807) is 0 Å². The van der Waals surface area contributed by atoms with Gasteiger partial charge in [0.05, 0.1) is 16.5 Å². The maximum Gasteiger partial charge on any atom is 0.416 e. The Kier molecular flexibility index (Phi) is 7.52. The molecule has 9 nitrogen and oxygen atoms in total. The first-order valence-electron chi connectivity index (χ1n) is 10.8. The highest BCUT2D eigenvalue weighted by Crippen LogP contribution is 2.37. The predicted octanol–water partition coefficient (Wildman–Crippen LogP) is 1.96. The fourth-order valence-corrected chi connectivity index (χ4v) is 4.60. The first-order chi connectivity index (χ1) is 17.1. The van der Waals surface area contributed by atoms with E-state index in [4.69, 9.17) is 10.5 Å². The topological polar surface area (TPSA) is 136 Å². The van der Waals surface area contributed by atoms with Crippen LogP contribution < -0.4 is 16.0 Å².